The second kappa shape index (κ2) is 6.29. The van der Waals surface area contributed by atoms with Crippen molar-refractivity contribution in [3.63, 3.8) is 0 Å². The van der Waals surface area contributed by atoms with Gasteiger partial charge < -0.3 is 9.64 Å². The quantitative estimate of drug-likeness (QED) is 0.601. The minimum atomic E-state index is -4.24. The summed E-state index contributed by atoms with van der Waals surface area (Å²) in [5, 5.41) is 0. The summed E-state index contributed by atoms with van der Waals surface area (Å²) in [5.41, 5.74) is 0.828. The molecule has 0 N–H and O–H groups in total. The normalized spacial score (nSPS) is 15.2. The molecule has 1 aliphatic rings. The van der Waals surface area contributed by atoms with Crippen LogP contribution in [0.25, 0.3) is 11.3 Å². The van der Waals surface area contributed by atoms with E-state index >= 15 is 0 Å². The topological polar surface area (TPSA) is 42.4 Å². The molecule has 134 valence electrons. The lowest BCUT2D eigenvalue weighted by Crippen LogP contribution is -2.53. The van der Waals surface area contributed by atoms with E-state index in [4.69, 9.17) is 0 Å². The van der Waals surface area contributed by atoms with Gasteiger partial charge in [0.1, 0.15) is 10.6 Å². The first-order valence-electron chi connectivity index (χ1n) is 7.37. The second-order valence-electron chi connectivity index (χ2n) is 5.74. The van der Waals surface area contributed by atoms with Crippen molar-refractivity contribution < 1.29 is 27.1 Å². The molecule has 0 aliphatic carbocycles. The van der Waals surface area contributed by atoms with E-state index in [9.17, 15) is 22.4 Å². The van der Waals surface area contributed by atoms with Crippen molar-refractivity contribution in [2.24, 2.45) is 5.92 Å². The van der Waals surface area contributed by atoms with Gasteiger partial charge in [-0.3, -0.25) is 4.98 Å². The highest BCUT2D eigenvalue weighted by atomic mass is 32.1. The largest absolute Gasteiger partial charge is 0.465 e. The van der Waals surface area contributed by atoms with E-state index in [0.717, 1.165) is 11.3 Å². The zero-order valence-electron chi connectivity index (χ0n) is 13.4. The summed E-state index contributed by atoms with van der Waals surface area (Å²) in [6.07, 6.45) is -2.89. The highest BCUT2D eigenvalue weighted by Gasteiger charge is 2.47. The van der Waals surface area contributed by atoms with Crippen LogP contribution in [0.3, 0.4) is 0 Å². The molecule has 3 rings (SSSR count). The molecule has 1 aliphatic heterocycles. The van der Waals surface area contributed by atoms with Crippen molar-refractivity contribution in [1.82, 2.24) is 4.98 Å². The van der Waals surface area contributed by atoms with E-state index in [1.165, 1.54) is 30.3 Å². The van der Waals surface area contributed by atoms with Crippen LogP contribution in [0, 0.1) is 18.7 Å². The van der Waals surface area contributed by atoms with Gasteiger partial charge in [0.25, 0.3) is 0 Å². The molecule has 0 amide bonds. The molecule has 4 nitrogen and oxygen atoms in total. The SMILES string of the molecule is COC(=O)c1cc(-c2ncc(N3CC(C(F)(F)F)C3)cc2F)c(C)s1. The Morgan fingerprint density at radius 2 is 2.04 bits per heavy atom. The van der Waals surface area contributed by atoms with Crippen LogP contribution in [0.1, 0.15) is 14.5 Å². The number of carbonyl (C=O) groups excluding carboxylic acids is 1. The standard InChI is InChI=1S/C16H14F4N2O2S/c1-8-11(4-13(25-8)15(23)24-2)14-12(17)3-10(5-21-14)22-6-9(7-22)16(18,19)20/h3-5,9H,6-7H2,1-2H3. The fourth-order valence-electron chi connectivity index (χ4n) is 2.61. The van der Waals surface area contributed by atoms with Crippen molar-refractivity contribution in [3.05, 3.63) is 33.9 Å². The number of rotatable bonds is 3. The number of hydrogen-bond donors (Lipinski definition) is 0. The van der Waals surface area contributed by atoms with Gasteiger partial charge >= 0.3 is 12.1 Å². The Bertz CT molecular complexity index is 813. The van der Waals surface area contributed by atoms with Crippen molar-refractivity contribution >= 4 is 23.0 Å². The number of halogens is 4. The molecular weight excluding hydrogens is 360 g/mol. The summed E-state index contributed by atoms with van der Waals surface area (Å²) in [5.74, 6) is -2.56. The zero-order valence-corrected chi connectivity index (χ0v) is 14.2. The number of thiophene rings is 1. The van der Waals surface area contributed by atoms with Gasteiger partial charge in [0.05, 0.1) is 24.9 Å². The summed E-state index contributed by atoms with van der Waals surface area (Å²) in [6.45, 7) is 1.33. The predicted molar refractivity (Wildman–Crippen MR) is 85.3 cm³/mol. The molecule has 2 aromatic rings. The number of carbonyl (C=O) groups is 1. The van der Waals surface area contributed by atoms with Crippen LogP contribution in [0.4, 0.5) is 23.2 Å². The number of hydrogen-bond acceptors (Lipinski definition) is 5. The molecule has 0 saturated carbocycles. The maximum atomic E-state index is 14.4. The van der Waals surface area contributed by atoms with E-state index in [2.05, 4.69) is 9.72 Å². The van der Waals surface area contributed by atoms with Crippen LogP contribution in [-0.4, -0.2) is 37.3 Å². The summed E-state index contributed by atoms with van der Waals surface area (Å²) >= 11 is 1.16. The van der Waals surface area contributed by atoms with Crippen LogP contribution < -0.4 is 4.90 Å². The maximum absolute atomic E-state index is 14.4. The predicted octanol–water partition coefficient (Wildman–Crippen LogP) is 4.04. The maximum Gasteiger partial charge on any atom is 0.395 e. The Morgan fingerprint density at radius 1 is 1.36 bits per heavy atom. The first-order chi connectivity index (χ1) is 11.7. The Morgan fingerprint density at radius 3 is 2.60 bits per heavy atom. The van der Waals surface area contributed by atoms with Crippen LogP contribution in [0.2, 0.25) is 0 Å². The van der Waals surface area contributed by atoms with Gasteiger partial charge in [-0.05, 0) is 13.0 Å². The van der Waals surface area contributed by atoms with Crippen LogP contribution >= 0.6 is 11.3 Å². The van der Waals surface area contributed by atoms with Gasteiger partial charge in [-0.25, -0.2) is 9.18 Å². The van der Waals surface area contributed by atoms with E-state index in [1.54, 1.807) is 6.92 Å². The average molecular weight is 374 g/mol. The highest BCUT2D eigenvalue weighted by molar-refractivity contribution is 7.14. The van der Waals surface area contributed by atoms with Crippen molar-refractivity contribution in [2.45, 2.75) is 13.1 Å². The monoisotopic (exact) mass is 374 g/mol. The molecule has 25 heavy (non-hydrogen) atoms. The van der Waals surface area contributed by atoms with Crippen LogP contribution in [-0.2, 0) is 4.74 Å². The molecule has 9 heteroatoms. The van der Waals surface area contributed by atoms with Crippen LogP contribution in [0.15, 0.2) is 18.3 Å². The average Bonchev–Trinajstić information content (AvgIpc) is 2.85. The number of alkyl halides is 3. The number of aromatic nitrogens is 1. The smallest absolute Gasteiger partial charge is 0.395 e. The number of methoxy groups -OCH3 is 1. The van der Waals surface area contributed by atoms with Crippen molar-refractivity contribution in [3.8, 4) is 11.3 Å². The minimum Gasteiger partial charge on any atom is -0.465 e. The van der Waals surface area contributed by atoms with Gasteiger partial charge in [-0.1, -0.05) is 0 Å². The lowest BCUT2D eigenvalue weighted by Gasteiger charge is -2.41. The molecule has 2 aromatic heterocycles. The van der Waals surface area contributed by atoms with Gasteiger partial charge in [-0.15, -0.1) is 11.3 Å². The van der Waals surface area contributed by atoms with E-state index in [-0.39, 0.29) is 18.8 Å². The molecular formula is C16H14F4N2O2S. The molecule has 0 radical (unpaired) electrons. The van der Waals surface area contributed by atoms with Gasteiger partial charge in [-0.2, -0.15) is 13.2 Å². The fraction of sp³-hybridized carbons (Fsp3) is 0.375. The minimum absolute atomic E-state index is 0.0561. The summed E-state index contributed by atoms with van der Waals surface area (Å²) in [6, 6.07) is 2.67. The Hall–Kier alpha value is -2.16. The first-order valence-corrected chi connectivity index (χ1v) is 8.18. The zero-order chi connectivity index (χ0) is 18.4. The lowest BCUT2D eigenvalue weighted by atomic mass is 9.99. The molecule has 0 unspecified atom stereocenters. The Kier molecular flexibility index (Phi) is 4.44. The van der Waals surface area contributed by atoms with Crippen LogP contribution in [0.5, 0.6) is 0 Å². The van der Waals surface area contributed by atoms with E-state index < -0.39 is 23.9 Å². The van der Waals surface area contributed by atoms with Gasteiger partial charge in [0, 0.05) is 29.6 Å². The molecule has 0 spiro atoms. The summed E-state index contributed by atoms with van der Waals surface area (Å²) in [4.78, 5) is 18.1. The van der Waals surface area contributed by atoms with Crippen molar-refractivity contribution in [2.75, 3.05) is 25.1 Å². The van der Waals surface area contributed by atoms with Gasteiger partial charge in [0.15, 0.2) is 5.82 Å². The number of anilines is 1. The first kappa shape index (κ1) is 17.7. The third-order valence-corrected chi connectivity index (χ3v) is 5.13. The lowest BCUT2D eigenvalue weighted by molar-refractivity contribution is -0.180. The third kappa shape index (κ3) is 3.33. The number of nitrogens with zero attached hydrogens (tertiary/aromatic N) is 2. The molecule has 0 aromatic carbocycles. The van der Waals surface area contributed by atoms with E-state index in [0.29, 0.717) is 21.0 Å². The summed E-state index contributed by atoms with van der Waals surface area (Å²) in [7, 11) is 1.26. The third-order valence-electron chi connectivity index (χ3n) is 4.10. The molecule has 0 atom stereocenters. The molecule has 0 bridgehead atoms. The highest BCUT2D eigenvalue weighted by Crippen LogP contribution is 2.37. The second-order valence-corrected chi connectivity index (χ2v) is 7.00. The number of esters is 1. The van der Waals surface area contributed by atoms with E-state index in [1.807, 2.05) is 0 Å². The van der Waals surface area contributed by atoms with Crippen molar-refractivity contribution in [1.29, 1.82) is 0 Å². The molecule has 3 heterocycles. The Labute approximate surface area is 145 Å². The number of ether oxygens (including phenoxy) is 1. The molecule has 1 fully saturated rings. The fourth-order valence-corrected chi connectivity index (χ4v) is 3.55. The number of pyridine rings is 1. The summed E-state index contributed by atoms with van der Waals surface area (Å²) < 4.78 is 56.7. The molecule has 1 saturated heterocycles. The Balaban J connectivity index is 1.82. The number of aryl methyl sites for hydroxylation is 1. The van der Waals surface area contributed by atoms with Gasteiger partial charge in [0.2, 0.25) is 0 Å².